The van der Waals surface area contributed by atoms with Crippen molar-refractivity contribution in [1.82, 2.24) is 9.78 Å². The molecule has 3 rings (SSSR count). The van der Waals surface area contributed by atoms with Crippen LogP contribution < -0.4 is 19.8 Å². The van der Waals surface area contributed by atoms with E-state index in [4.69, 9.17) is 14.2 Å². The van der Waals surface area contributed by atoms with Crippen molar-refractivity contribution < 1.29 is 14.2 Å². The van der Waals surface area contributed by atoms with Crippen LogP contribution in [0.2, 0.25) is 0 Å². The summed E-state index contributed by atoms with van der Waals surface area (Å²) < 4.78 is 17.7. The Bertz CT molecular complexity index is 1020. The van der Waals surface area contributed by atoms with Crippen LogP contribution in [0.1, 0.15) is 11.3 Å². The average Bonchev–Trinajstić information content (AvgIpc) is 2.70. The molecule has 0 fully saturated rings. The van der Waals surface area contributed by atoms with Gasteiger partial charge in [-0.1, -0.05) is 24.3 Å². The Hall–Kier alpha value is -3.28. The largest absolute Gasteiger partial charge is 0.493 e. The van der Waals surface area contributed by atoms with Crippen molar-refractivity contribution in [3.05, 3.63) is 70.7 Å². The Kier molecular flexibility index (Phi) is 5.45. The highest BCUT2D eigenvalue weighted by atomic mass is 16.5. The van der Waals surface area contributed by atoms with Gasteiger partial charge in [0.25, 0.3) is 5.56 Å². The van der Waals surface area contributed by atoms with E-state index in [9.17, 15) is 4.79 Å². The molecule has 1 heterocycles. The highest BCUT2D eigenvalue weighted by molar-refractivity contribution is 5.83. The van der Waals surface area contributed by atoms with E-state index in [1.54, 1.807) is 27.4 Å². The highest BCUT2D eigenvalue weighted by Crippen LogP contribution is 2.38. The molecule has 0 unspecified atom stereocenters. The molecule has 0 saturated heterocycles. The van der Waals surface area contributed by atoms with Crippen LogP contribution in [0, 0.1) is 0 Å². The van der Waals surface area contributed by atoms with E-state index >= 15 is 0 Å². The van der Waals surface area contributed by atoms with Crippen molar-refractivity contribution in [1.29, 1.82) is 0 Å². The molecule has 0 amide bonds. The number of hydrogen-bond acceptors (Lipinski definition) is 5. The number of ether oxygens (including phenoxy) is 3. The van der Waals surface area contributed by atoms with Crippen molar-refractivity contribution in [3.63, 3.8) is 0 Å². The van der Waals surface area contributed by atoms with Crippen LogP contribution in [0.15, 0.2) is 53.8 Å². The number of nitrogens with zero attached hydrogens (tertiary/aromatic N) is 2. The van der Waals surface area contributed by atoms with Crippen molar-refractivity contribution >= 4 is 10.8 Å². The van der Waals surface area contributed by atoms with Crippen LogP contribution in [0.5, 0.6) is 17.2 Å². The second kappa shape index (κ2) is 7.95. The summed E-state index contributed by atoms with van der Waals surface area (Å²) in [4.78, 5) is 12.6. The summed E-state index contributed by atoms with van der Waals surface area (Å²) in [5.41, 5.74) is 1.60. The van der Waals surface area contributed by atoms with Crippen LogP contribution in [0.25, 0.3) is 10.8 Å². The summed E-state index contributed by atoms with van der Waals surface area (Å²) in [7, 11) is 4.73. The molecule has 27 heavy (non-hydrogen) atoms. The minimum atomic E-state index is -0.126. The zero-order chi connectivity index (χ0) is 19.4. The molecule has 0 aliphatic carbocycles. The molecule has 1 aromatic heterocycles. The summed E-state index contributed by atoms with van der Waals surface area (Å²) in [6.45, 7) is 4.06. The Morgan fingerprint density at radius 2 is 1.67 bits per heavy atom. The van der Waals surface area contributed by atoms with Gasteiger partial charge in [0.05, 0.1) is 39.0 Å². The molecule has 0 spiro atoms. The normalized spacial score (nSPS) is 10.6. The van der Waals surface area contributed by atoms with E-state index in [1.807, 2.05) is 36.4 Å². The number of methoxy groups -OCH3 is 3. The van der Waals surface area contributed by atoms with Gasteiger partial charge in [0.15, 0.2) is 11.5 Å². The first-order valence-corrected chi connectivity index (χ1v) is 8.51. The Labute approximate surface area is 157 Å². The predicted octanol–water partition coefficient (Wildman–Crippen LogP) is 3.20. The van der Waals surface area contributed by atoms with Gasteiger partial charge in [-0.2, -0.15) is 5.10 Å². The number of benzene rings is 2. The quantitative estimate of drug-likeness (QED) is 0.601. The van der Waals surface area contributed by atoms with Gasteiger partial charge in [-0.05, 0) is 23.8 Å². The smallest absolute Gasteiger partial charge is 0.274 e. The first-order chi connectivity index (χ1) is 13.1. The predicted molar refractivity (Wildman–Crippen MR) is 105 cm³/mol. The van der Waals surface area contributed by atoms with Gasteiger partial charge in [0, 0.05) is 11.8 Å². The number of aromatic nitrogens is 2. The van der Waals surface area contributed by atoms with Crippen molar-refractivity contribution in [2.45, 2.75) is 13.0 Å². The van der Waals surface area contributed by atoms with Gasteiger partial charge in [-0.15, -0.1) is 6.58 Å². The monoisotopic (exact) mass is 366 g/mol. The first kappa shape index (κ1) is 18.5. The zero-order valence-electron chi connectivity index (χ0n) is 15.7. The van der Waals surface area contributed by atoms with Crippen molar-refractivity contribution in [2.75, 3.05) is 21.3 Å². The maximum atomic E-state index is 12.6. The molecule has 6 heteroatoms. The summed E-state index contributed by atoms with van der Waals surface area (Å²) in [6, 6.07) is 11.3. The summed E-state index contributed by atoms with van der Waals surface area (Å²) in [6.07, 6.45) is 2.17. The molecule has 0 aliphatic heterocycles. The average molecular weight is 366 g/mol. The number of hydrogen-bond donors (Lipinski definition) is 0. The molecule has 0 bridgehead atoms. The van der Waals surface area contributed by atoms with Crippen LogP contribution >= 0.6 is 0 Å². The molecule has 140 valence electrons. The van der Waals surface area contributed by atoms with Gasteiger partial charge < -0.3 is 14.2 Å². The van der Waals surface area contributed by atoms with Crippen molar-refractivity contribution in [2.24, 2.45) is 0 Å². The third kappa shape index (κ3) is 3.51. The zero-order valence-corrected chi connectivity index (χ0v) is 15.7. The lowest BCUT2D eigenvalue weighted by Crippen LogP contribution is -2.24. The lowest BCUT2D eigenvalue weighted by Gasteiger charge is -2.15. The summed E-state index contributed by atoms with van der Waals surface area (Å²) in [5, 5.41) is 6.03. The fourth-order valence-corrected chi connectivity index (χ4v) is 3.11. The Morgan fingerprint density at radius 1 is 1.04 bits per heavy atom. The summed E-state index contributed by atoms with van der Waals surface area (Å²) in [5.74, 6) is 1.70. The maximum absolute atomic E-state index is 12.6. The van der Waals surface area contributed by atoms with E-state index in [2.05, 4.69) is 11.7 Å². The fraction of sp³-hybridized carbons (Fsp3) is 0.238. The minimum Gasteiger partial charge on any atom is -0.493 e. The number of fused-ring (bicyclic) bond motifs is 1. The molecule has 0 saturated carbocycles. The number of rotatable bonds is 7. The van der Waals surface area contributed by atoms with Crippen LogP contribution in [-0.4, -0.2) is 31.1 Å². The van der Waals surface area contributed by atoms with Gasteiger partial charge >= 0.3 is 0 Å². The third-order valence-corrected chi connectivity index (χ3v) is 4.34. The van der Waals surface area contributed by atoms with Crippen molar-refractivity contribution in [3.8, 4) is 17.2 Å². The highest BCUT2D eigenvalue weighted by Gasteiger charge is 2.16. The molecule has 0 aliphatic rings. The second-order valence-electron chi connectivity index (χ2n) is 5.98. The van der Waals surface area contributed by atoms with E-state index in [0.717, 1.165) is 16.6 Å². The van der Waals surface area contributed by atoms with Gasteiger partial charge in [0.2, 0.25) is 5.75 Å². The molecule has 6 nitrogen and oxygen atoms in total. The van der Waals surface area contributed by atoms with Gasteiger partial charge in [-0.25, -0.2) is 4.68 Å². The molecular formula is C21H22N2O4. The Morgan fingerprint density at radius 3 is 2.22 bits per heavy atom. The minimum absolute atomic E-state index is 0.126. The van der Waals surface area contributed by atoms with Gasteiger partial charge in [0.1, 0.15) is 0 Å². The van der Waals surface area contributed by atoms with E-state index in [0.29, 0.717) is 35.6 Å². The lowest BCUT2D eigenvalue weighted by atomic mass is 10.0. The van der Waals surface area contributed by atoms with E-state index in [1.165, 1.54) is 4.68 Å². The van der Waals surface area contributed by atoms with Crippen LogP contribution in [0.3, 0.4) is 0 Å². The molecular weight excluding hydrogens is 344 g/mol. The summed E-state index contributed by atoms with van der Waals surface area (Å²) >= 11 is 0. The van der Waals surface area contributed by atoms with E-state index in [-0.39, 0.29) is 5.56 Å². The standard InChI is InChI=1S/C21H22N2O4/c1-5-10-23-21(24)16-9-7-6-8-15(16)17(22-23)11-14-12-18(25-2)20(27-4)19(13-14)26-3/h5-9,12-13H,1,10-11H2,2-4H3. The van der Waals surface area contributed by atoms with E-state index < -0.39 is 0 Å². The van der Waals surface area contributed by atoms with Crippen LogP contribution in [0.4, 0.5) is 0 Å². The molecule has 0 atom stereocenters. The first-order valence-electron chi connectivity index (χ1n) is 8.51. The molecule has 2 aromatic carbocycles. The number of allylic oxidation sites excluding steroid dienone is 1. The maximum Gasteiger partial charge on any atom is 0.274 e. The molecule has 3 aromatic rings. The molecule has 0 N–H and O–H groups in total. The second-order valence-corrected chi connectivity index (χ2v) is 5.98. The topological polar surface area (TPSA) is 62.6 Å². The molecule has 0 radical (unpaired) electrons. The SMILES string of the molecule is C=CCn1nc(Cc2cc(OC)c(OC)c(OC)c2)c2ccccc2c1=O. The lowest BCUT2D eigenvalue weighted by molar-refractivity contribution is 0.324. The Balaban J connectivity index is 2.15. The third-order valence-electron chi connectivity index (χ3n) is 4.34. The van der Waals surface area contributed by atoms with Crippen LogP contribution in [-0.2, 0) is 13.0 Å². The fourth-order valence-electron chi connectivity index (χ4n) is 3.11. The van der Waals surface area contributed by atoms with Gasteiger partial charge in [-0.3, -0.25) is 4.79 Å².